The van der Waals surface area contributed by atoms with Gasteiger partial charge in [-0.2, -0.15) is 0 Å². The molecule has 1 amide bonds. The first kappa shape index (κ1) is 19.6. The number of fused-ring (bicyclic) bond motifs is 2. The van der Waals surface area contributed by atoms with E-state index in [1.807, 2.05) is 4.90 Å². The van der Waals surface area contributed by atoms with Gasteiger partial charge in [-0.05, 0) is 32.1 Å². The van der Waals surface area contributed by atoms with Crippen LogP contribution >= 0.6 is 12.4 Å². The summed E-state index contributed by atoms with van der Waals surface area (Å²) in [6, 6.07) is 0.268. The number of β-amino-alcohol motifs (C(OH)–C–C–N with tert-alkyl or cyclic N) is 1. The predicted molar refractivity (Wildman–Crippen MR) is 86.2 cm³/mol. The minimum atomic E-state index is -3.32. The van der Waals surface area contributed by atoms with Crippen molar-refractivity contribution < 1.29 is 18.3 Å². The van der Waals surface area contributed by atoms with Gasteiger partial charge in [0.1, 0.15) is 5.54 Å². The van der Waals surface area contributed by atoms with Gasteiger partial charge in [-0.3, -0.25) is 9.69 Å². The topological polar surface area (TPSA) is 104 Å². The van der Waals surface area contributed by atoms with E-state index in [2.05, 4.69) is 0 Å². The van der Waals surface area contributed by atoms with Gasteiger partial charge < -0.3 is 10.8 Å². The summed E-state index contributed by atoms with van der Waals surface area (Å²) < 4.78 is 23.9. The van der Waals surface area contributed by atoms with Crippen molar-refractivity contribution in [2.75, 3.05) is 26.4 Å². The van der Waals surface area contributed by atoms with Crippen LogP contribution in [0, 0.1) is 0 Å². The molecule has 9 heteroatoms. The van der Waals surface area contributed by atoms with E-state index < -0.39 is 21.7 Å². The van der Waals surface area contributed by atoms with E-state index in [4.69, 9.17) is 5.73 Å². The number of hydrogen-bond acceptors (Lipinski definition) is 5. The van der Waals surface area contributed by atoms with Gasteiger partial charge in [-0.1, -0.05) is 0 Å². The molecule has 130 valence electrons. The average Bonchev–Trinajstić information content (AvgIpc) is 2.58. The molecule has 0 aromatic carbocycles. The molecule has 0 aromatic rings. The number of likely N-dealkylation sites (N-methyl/N-ethyl adjacent to an activating group) is 1. The molecule has 2 saturated heterocycles. The van der Waals surface area contributed by atoms with Crippen LogP contribution in [-0.2, 0) is 14.8 Å². The highest BCUT2D eigenvalue weighted by Gasteiger charge is 2.52. The maximum atomic E-state index is 11.9. The standard InChI is InChI=1S/C13H25N3O4S.ClH/c1-15(21(2,19)20)8-11(17)9-16-10-4-3-6-13(16,7-5-10)12(14)18;/h10-11,17H,3-9H2,1-2H3,(H2,14,18);1H/t10-,11+,13+;/m1./s1. The fourth-order valence-corrected chi connectivity index (χ4v) is 4.12. The minimum Gasteiger partial charge on any atom is -0.390 e. The summed E-state index contributed by atoms with van der Waals surface area (Å²) in [5.74, 6) is -0.326. The predicted octanol–water partition coefficient (Wildman–Crippen LogP) is -0.467. The number of nitrogens with zero attached hydrogens (tertiary/aromatic N) is 2. The van der Waals surface area contributed by atoms with Crippen LogP contribution in [0.2, 0.25) is 0 Å². The lowest BCUT2D eigenvalue weighted by Crippen LogP contribution is -2.60. The van der Waals surface area contributed by atoms with Gasteiger partial charge in [0.05, 0.1) is 12.4 Å². The van der Waals surface area contributed by atoms with Crippen LogP contribution < -0.4 is 5.73 Å². The maximum Gasteiger partial charge on any atom is 0.237 e. The zero-order valence-electron chi connectivity index (χ0n) is 13.1. The first-order valence-electron chi connectivity index (χ1n) is 7.33. The highest BCUT2D eigenvalue weighted by atomic mass is 35.5. The molecule has 2 aliphatic rings. The zero-order chi connectivity index (χ0) is 15.8. The van der Waals surface area contributed by atoms with Crippen LogP contribution in [-0.4, -0.2) is 72.7 Å². The van der Waals surface area contributed by atoms with Gasteiger partial charge in [-0.15, -0.1) is 12.4 Å². The molecule has 2 rings (SSSR count). The molecule has 7 nitrogen and oxygen atoms in total. The van der Waals surface area contributed by atoms with Gasteiger partial charge >= 0.3 is 0 Å². The fraction of sp³-hybridized carbons (Fsp3) is 0.923. The highest BCUT2D eigenvalue weighted by Crippen LogP contribution is 2.43. The van der Waals surface area contributed by atoms with E-state index in [1.165, 1.54) is 7.05 Å². The van der Waals surface area contributed by atoms with Crippen LogP contribution in [0.4, 0.5) is 0 Å². The molecule has 0 aliphatic carbocycles. The van der Waals surface area contributed by atoms with E-state index in [0.717, 1.165) is 42.7 Å². The van der Waals surface area contributed by atoms with E-state index >= 15 is 0 Å². The smallest absolute Gasteiger partial charge is 0.237 e. The van der Waals surface area contributed by atoms with Gasteiger partial charge in [-0.25, -0.2) is 12.7 Å². The summed E-state index contributed by atoms with van der Waals surface area (Å²) in [5, 5.41) is 10.2. The van der Waals surface area contributed by atoms with Crippen molar-refractivity contribution in [1.82, 2.24) is 9.21 Å². The van der Waals surface area contributed by atoms with E-state index in [9.17, 15) is 18.3 Å². The Kier molecular flexibility index (Phi) is 6.25. The van der Waals surface area contributed by atoms with Gasteiger partial charge in [0, 0.05) is 26.2 Å². The van der Waals surface area contributed by atoms with E-state index in [0.29, 0.717) is 0 Å². The Balaban J connectivity index is 0.00000242. The molecule has 22 heavy (non-hydrogen) atoms. The highest BCUT2D eigenvalue weighted by molar-refractivity contribution is 7.88. The average molecular weight is 356 g/mol. The van der Waals surface area contributed by atoms with Gasteiger partial charge in [0.15, 0.2) is 0 Å². The quantitative estimate of drug-likeness (QED) is 0.670. The van der Waals surface area contributed by atoms with Gasteiger partial charge in [0.25, 0.3) is 0 Å². The van der Waals surface area contributed by atoms with Crippen molar-refractivity contribution in [3.63, 3.8) is 0 Å². The van der Waals surface area contributed by atoms with Crippen molar-refractivity contribution >= 4 is 28.3 Å². The summed E-state index contributed by atoms with van der Waals surface area (Å²) in [7, 11) is -1.88. The van der Waals surface area contributed by atoms with Crippen LogP contribution in [0.25, 0.3) is 0 Å². The van der Waals surface area contributed by atoms with Crippen LogP contribution in [0.1, 0.15) is 32.1 Å². The number of hydrogen-bond donors (Lipinski definition) is 2. The Labute approximate surface area is 138 Å². The van der Waals surface area contributed by atoms with Crippen LogP contribution in [0.5, 0.6) is 0 Å². The summed E-state index contributed by atoms with van der Waals surface area (Å²) in [5.41, 5.74) is 4.96. The Hall–Kier alpha value is -0.410. The Morgan fingerprint density at radius 1 is 1.45 bits per heavy atom. The molecule has 0 unspecified atom stereocenters. The third-order valence-corrected chi connectivity index (χ3v) is 6.19. The first-order chi connectivity index (χ1) is 9.67. The van der Waals surface area contributed by atoms with E-state index in [1.54, 1.807) is 0 Å². The number of aliphatic hydroxyl groups excluding tert-OH is 1. The monoisotopic (exact) mass is 355 g/mol. The van der Waals surface area contributed by atoms with Crippen molar-refractivity contribution in [2.45, 2.75) is 49.8 Å². The van der Waals surface area contributed by atoms with Crippen molar-refractivity contribution in [1.29, 1.82) is 0 Å². The Bertz CT molecular complexity index is 511. The van der Waals surface area contributed by atoms with Crippen molar-refractivity contribution in [3.8, 4) is 0 Å². The number of rotatable bonds is 6. The fourth-order valence-electron chi connectivity index (χ4n) is 3.68. The van der Waals surface area contributed by atoms with E-state index in [-0.39, 0.29) is 37.4 Å². The normalized spacial score (nSPS) is 30.1. The second-order valence-electron chi connectivity index (χ2n) is 6.33. The lowest BCUT2D eigenvalue weighted by atomic mass is 9.87. The third kappa shape index (κ3) is 3.73. The molecule has 2 aliphatic heterocycles. The molecular weight excluding hydrogens is 330 g/mol. The van der Waals surface area contributed by atoms with Crippen LogP contribution in [0.3, 0.4) is 0 Å². The number of aliphatic hydroxyl groups is 1. The lowest BCUT2D eigenvalue weighted by molar-refractivity contribution is -0.132. The molecular formula is C13H26ClN3O4S. The molecule has 3 N–H and O–H groups in total. The van der Waals surface area contributed by atoms with Crippen LogP contribution in [0.15, 0.2) is 0 Å². The number of sulfonamides is 1. The second kappa shape index (κ2) is 7.00. The SMILES string of the molecule is CN(C[C@H](O)CN1[C@@H]2CCC[C@@]1(C(N)=O)CC2)S(C)(=O)=O.Cl. The number of carbonyl (C=O) groups is 1. The largest absolute Gasteiger partial charge is 0.390 e. The molecule has 0 radical (unpaired) electrons. The third-order valence-electron chi connectivity index (χ3n) is 4.91. The number of nitrogens with two attached hydrogens (primary N) is 1. The molecule has 2 bridgehead atoms. The van der Waals surface area contributed by atoms with Gasteiger partial charge in [0.2, 0.25) is 15.9 Å². The zero-order valence-corrected chi connectivity index (χ0v) is 14.7. The summed E-state index contributed by atoms with van der Waals surface area (Å²) in [4.78, 5) is 13.9. The Morgan fingerprint density at radius 3 is 2.64 bits per heavy atom. The number of carbonyl (C=O) groups excluding carboxylic acids is 1. The van der Waals surface area contributed by atoms with Crippen molar-refractivity contribution in [2.24, 2.45) is 5.73 Å². The number of amides is 1. The number of halogens is 1. The Morgan fingerprint density at radius 2 is 2.09 bits per heavy atom. The molecule has 0 aromatic heterocycles. The maximum absolute atomic E-state index is 11.9. The second-order valence-corrected chi connectivity index (χ2v) is 8.42. The first-order valence-corrected chi connectivity index (χ1v) is 9.18. The molecule has 3 atom stereocenters. The lowest BCUT2D eigenvalue weighted by Gasteiger charge is -2.43. The number of piperidine rings is 1. The molecule has 0 spiro atoms. The van der Waals surface area contributed by atoms with Crippen molar-refractivity contribution in [3.05, 3.63) is 0 Å². The minimum absolute atomic E-state index is 0. The summed E-state index contributed by atoms with van der Waals surface area (Å²) in [6.07, 6.45) is 4.64. The molecule has 2 fully saturated rings. The molecule has 2 heterocycles. The number of primary amides is 1. The molecule has 0 saturated carbocycles. The summed E-state index contributed by atoms with van der Waals surface area (Å²) in [6.45, 7) is 0.310. The summed E-state index contributed by atoms with van der Waals surface area (Å²) >= 11 is 0.